The van der Waals surface area contributed by atoms with Crippen molar-refractivity contribution in [3.8, 4) is 0 Å². The van der Waals surface area contributed by atoms with Crippen LogP contribution in [0.3, 0.4) is 0 Å². The lowest BCUT2D eigenvalue weighted by molar-refractivity contribution is 0.967. The van der Waals surface area contributed by atoms with Crippen molar-refractivity contribution in [3.05, 3.63) is 18.3 Å². The lowest BCUT2D eigenvalue weighted by Gasteiger charge is -2.12. The second-order valence-corrected chi connectivity index (χ2v) is 5.06. The number of pyridine rings is 1. The van der Waals surface area contributed by atoms with Gasteiger partial charge in [0.05, 0.1) is 0 Å². The van der Waals surface area contributed by atoms with Gasteiger partial charge in [0.2, 0.25) is 0 Å². The van der Waals surface area contributed by atoms with E-state index in [-0.39, 0.29) is 0 Å². The molecule has 0 spiro atoms. The van der Waals surface area contributed by atoms with E-state index in [9.17, 15) is 0 Å². The molecular formula is C12H21N3S. The van der Waals surface area contributed by atoms with Gasteiger partial charge in [-0.3, -0.25) is 0 Å². The Morgan fingerprint density at radius 2 is 2.25 bits per heavy atom. The molecule has 0 aliphatic rings. The van der Waals surface area contributed by atoms with Crippen LogP contribution in [0.2, 0.25) is 0 Å². The van der Waals surface area contributed by atoms with Gasteiger partial charge in [0.15, 0.2) is 0 Å². The van der Waals surface area contributed by atoms with Crippen LogP contribution in [0.1, 0.15) is 20.3 Å². The average Bonchev–Trinajstić information content (AvgIpc) is 2.34. The van der Waals surface area contributed by atoms with Gasteiger partial charge in [0.1, 0.15) is 5.82 Å². The van der Waals surface area contributed by atoms with Crippen LogP contribution in [0.5, 0.6) is 0 Å². The van der Waals surface area contributed by atoms with E-state index < -0.39 is 0 Å². The van der Waals surface area contributed by atoms with Crippen molar-refractivity contribution >= 4 is 23.3 Å². The van der Waals surface area contributed by atoms with Gasteiger partial charge in [-0.05, 0) is 18.7 Å². The van der Waals surface area contributed by atoms with E-state index in [0.717, 1.165) is 31.0 Å². The van der Waals surface area contributed by atoms with E-state index >= 15 is 0 Å². The smallest absolute Gasteiger partial charge is 0.127 e. The van der Waals surface area contributed by atoms with Gasteiger partial charge in [0.25, 0.3) is 0 Å². The van der Waals surface area contributed by atoms with E-state index in [1.54, 1.807) is 0 Å². The Hall–Kier alpha value is -0.900. The monoisotopic (exact) mass is 239 g/mol. The maximum atomic E-state index is 4.27. The molecule has 90 valence electrons. The Bertz CT molecular complexity index is 304. The second kappa shape index (κ2) is 7.39. The van der Waals surface area contributed by atoms with E-state index in [0.29, 0.717) is 5.25 Å². The second-order valence-electron chi connectivity index (χ2n) is 3.78. The summed E-state index contributed by atoms with van der Waals surface area (Å²) >= 11 is 1.87. The van der Waals surface area contributed by atoms with Crippen LogP contribution in [0.25, 0.3) is 0 Å². The molecule has 4 heteroatoms. The van der Waals surface area contributed by atoms with Crippen LogP contribution in [0, 0.1) is 0 Å². The summed E-state index contributed by atoms with van der Waals surface area (Å²) in [5.41, 5.74) is 1.13. The maximum absolute atomic E-state index is 4.27. The van der Waals surface area contributed by atoms with Crippen molar-refractivity contribution in [3.63, 3.8) is 0 Å². The minimum absolute atomic E-state index is 0.625. The molecule has 3 nitrogen and oxygen atoms in total. The summed E-state index contributed by atoms with van der Waals surface area (Å²) < 4.78 is 0. The molecule has 0 amide bonds. The molecular weight excluding hydrogens is 218 g/mol. The fourth-order valence-electron chi connectivity index (χ4n) is 1.24. The van der Waals surface area contributed by atoms with Gasteiger partial charge in [-0.25, -0.2) is 4.98 Å². The molecule has 1 atom stereocenters. The van der Waals surface area contributed by atoms with Gasteiger partial charge >= 0.3 is 0 Å². The summed E-state index contributed by atoms with van der Waals surface area (Å²) in [6.07, 6.45) is 5.08. The van der Waals surface area contributed by atoms with E-state index in [1.807, 2.05) is 24.0 Å². The molecule has 0 saturated heterocycles. The first kappa shape index (κ1) is 13.2. The molecule has 1 unspecified atom stereocenters. The van der Waals surface area contributed by atoms with Gasteiger partial charge in [-0.15, -0.1) is 0 Å². The Balaban J connectivity index is 2.46. The number of thioether (sulfide) groups is 1. The Labute approximate surface area is 102 Å². The Morgan fingerprint density at radius 1 is 1.44 bits per heavy atom. The van der Waals surface area contributed by atoms with Gasteiger partial charge in [-0.2, -0.15) is 11.8 Å². The van der Waals surface area contributed by atoms with Crippen LogP contribution in [0.15, 0.2) is 18.3 Å². The summed E-state index contributed by atoms with van der Waals surface area (Å²) in [5, 5.41) is 7.32. The fourth-order valence-corrected chi connectivity index (χ4v) is 1.49. The third kappa shape index (κ3) is 4.75. The number of hydrogen-bond donors (Lipinski definition) is 2. The normalized spacial score (nSPS) is 12.2. The molecule has 0 bridgehead atoms. The Morgan fingerprint density at radius 3 is 2.94 bits per heavy atom. The lowest BCUT2D eigenvalue weighted by atomic mass is 10.3. The fraction of sp³-hybridized carbons (Fsp3) is 0.583. The predicted molar refractivity (Wildman–Crippen MR) is 74.5 cm³/mol. The first-order valence-corrected chi connectivity index (χ1v) is 7.01. The molecule has 16 heavy (non-hydrogen) atoms. The lowest BCUT2D eigenvalue weighted by Crippen LogP contribution is -2.13. The summed E-state index contributed by atoms with van der Waals surface area (Å²) in [7, 11) is 0. The highest BCUT2D eigenvalue weighted by Crippen LogP contribution is 2.13. The highest BCUT2D eigenvalue weighted by Gasteiger charge is 2.00. The minimum atomic E-state index is 0.625. The standard InChI is InChI=1S/C12H21N3S/c1-4-6-13-12-8-11(5-7-14-12)15-9-10(2)16-3/h5,7-8,10H,4,6,9H2,1-3H3,(H2,13,14,15). The SMILES string of the molecule is CCCNc1cc(NCC(C)SC)ccn1. The number of anilines is 2. The van der Waals surface area contributed by atoms with Crippen LogP contribution in [-0.4, -0.2) is 29.6 Å². The maximum Gasteiger partial charge on any atom is 0.127 e. The van der Waals surface area contributed by atoms with Gasteiger partial charge < -0.3 is 10.6 Å². The first-order chi connectivity index (χ1) is 7.76. The molecule has 1 aromatic rings. The van der Waals surface area contributed by atoms with Crippen molar-refractivity contribution in [2.24, 2.45) is 0 Å². The number of nitrogens with zero attached hydrogens (tertiary/aromatic N) is 1. The molecule has 0 saturated carbocycles. The zero-order valence-electron chi connectivity index (χ0n) is 10.3. The van der Waals surface area contributed by atoms with Crippen LogP contribution >= 0.6 is 11.8 Å². The molecule has 0 aliphatic carbocycles. The molecule has 0 fully saturated rings. The van der Waals surface area contributed by atoms with Crippen molar-refractivity contribution < 1.29 is 0 Å². The van der Waals surface area contributed by atoms with Crippen molar-refractivity contribution in [1.29, 1.82) is 0 Å². The van der Waals surface area contributed by atoms with Crippen molar-refractivity contribution in [2.75, 3.05) is 30.0 Å². The van der Waals surface area contributed by atoms with Gasteiger partial charge in [-0.1, -0.05) is 13.8 Å². The number of nitrogens with one attached hydrogen (secondary N) is 2. The van der Waals surface area contributed by atoms with Gasteiger partial charge in [0, 0.05) is 36.3 Å². The summed E-state index contributed by atoms with van der Waals surface area (Å²) in [5.74, 6) is 0.948. The zero-order valence-corrected chi connectivity index (χ0v) is 11.1. The topological polar surface area (TPSA) is 37.0 Å². The quantitative estimate of drug-likeness (QED) is 0.767. The first-order valence-electron chi connectivity index (χ1n) is 5.72. The predicted octanol–water partition coefficient (Wildman–Crippen LogP) is 3.07. The summed E-state index contributed by atoms with van der Waals surface area (Å²) in [6.45, 7) is 6.32. The van der Waals surface area contributed by atoms with Crippen LogP contribution < -0.4 is 10.6 Å². The zero-order chi connectivity index (χ0) is 11.8. The molecule has 2 N–H and O–H groups in total. The largest absolute Gasteiger partial charge is 0.384 e. The molecule has 1 rings (SSSR count). The van der Waals surface area contributed by atoms with Crippen LogP contribution in [-0.2, 0) is 0 Å². The third-order valence-electron chi connectivity index (χ3n) is 2.31. The minimum Gasteiger partial charge on any atom is -0.384 e. The van der Waals surface area contributed by atoms with E-state index in [1.165, 1.54) is 0 Å². The van der Waals surface area contributed by atoms with E-state index in [4.69, 9.17) is 0 Å². The summed E-state index contributed by atoms with van der Waals surface area (Å²) in [4.78, 5) is 4.27. The molecule has 0 radical (unpaired) electrons. The Kier molecular flexibility index (Phi) is 6.08. The van der Waals surface area contributed by atoms with E-state index in [2.05, 4.69) is 41.8 Å². The highest BCUT2D eigenvalue weighted by atomic mass is 32.2. The highest BCUT2D eigenvalue weighted by molar-refractivity contribution is 7.99. The number of rotatable bonds is 7. The molecule has 0 aromatic carbocycles. The molecule has 0 aliphatic heterocycles. The summed E-state index contributed by atoms with van der Waals surface area (Å²) in [6, 6.07) is 4.06. The number of hydrogen-bond acceptors (Lipinski definition) is 4. The van der Waals surface area contributed by atoms with Crippen molar-refractivity contribution in [2.45, 2.75) is 25.5 Å². The third-order valence-corrected chi connectivity index (χ3v) is 3.28. The molecule has 1 heterocycles. The van der Waals surface area contributed by atoms with Crippen molar-refractivity contribution in [1.82, 2.24) is 4.98 Å². The van der Waals surface area contributed by atoms with Crippen LogP contribution in [0.4, 0.5) is 11.5 Å². The number of aromatic nitrogens is 1. The average molecular weight is 239 g/mol. The molecule has 1 aromatic heterocycles.